The van der Waals surface area contributed by atoms with Gasteiger partial charge in [0.2, 0.25) is 0 Å². The predicted molar refractivity (Wildman–Crippen MR) is 83.7 cm³/mol. The van der Waals surface area contributed by atoms with Gasteiger partial charge >= 0.3 is 0 Å². The first-order valence-electron chi connectivity index (χ1n) is 6.65. The third kappa shape index (κ3) is 3.88. The molecule has 0 aromatic heterocycles. The average molecular weight is 265 g/mol. The van der Waals surface area contributed by atoms with Gasteiger partial charge in [-0.1, -0.05) is 36.1 Å². The van der Waals surface area contributed by atoms with Gasteiger partial charge in [-0.15, -0.1) is 0 Å². The number of benzene rings is 2. The van der Waals surface area contributed by atoms with Crippen molar-refractivity contribution in [2.75, 3.05) is 18.6 Å². The molecule has 2 rings (SSSR count). The summed E-state index contributed by atoms with van der Waals surface area (Å²) >= 11 is 0. The highest BCUT2D eigenvalue weighted by atomic mass is 16.2. The Balaban J connectivity index is 2.13. The van der Waals surface area contributed by atoms with Crippen molar-refractivity contribution >= 4 is 5.69 Å². The first-order chi connectivity index (χ1) is 9.69. The number of hydrogen-bond acceptors (Lipinski definition) is 2. The molecule has 20 heavy (non-hydrogen) atoms. The van der Waals surface area contributed by atoms with Crippen LogP contribution in [0.2, 0.25) is 0 Å². The zero-order valence-electron chi connectivity index (χ0n) is 11.9. The van der Waals surface area contributed by atoms with Gasteiger partial charge in [0.1, 0.15) is 6.61 Å². The lowest BCUT2D eigenvalue weighted by molar-refractivity contribution is 0.350. The molecule has 2 nitrogen and oxygen atoms in total. The number of aliphatic hydroxyl groups is 1. The van der Waals surface area contributed by atoms with E-state index in [1.54, 1.807) is 0 Å². The number of hydrogen-bond donors (Lipinski definition) is 1. The van der Waals surface area contributed by atoms with E-state index in [0.717, 1.165) is 12.1 Å². The summed E-state index contributed by atoms with van der Waals surface area (Å²) < 4.78 is 0. The maximum Gasteiger partial charge on any atom is 0.104 e. The van der Waals surface area contributed by atoms with E-state index in [4.69, 9.17) is 5.11 Å². The summed E-state index contributed by atoms with van der Waals surface area (Å²) in [6.07, 6.45) is 0. The Kier molecular flexibility index (Phi) is 4.81. The zero-order chi connectivity index (χ0) is 14.4. The fourth-order valence-electron chi connectivity index (χ4n) is 2.12. The van der Waals surface area contributed by atoms with Gasteiger partial charge in [-0.25, -0.2) is 0 Å². The summed E-state index contributed by atoms with van der Waals surface area (Å²) in [6.45, 7) is 2.83. The Morgan fingerprint density at radius 2 is 1.90 bits per heavy atom. The summed E-state index contributed by atoms with van der Waals surface area (Å²) in [5.74, 6) is 5.61. The quantitative estimate of drug-likeness (QED) is 0.862. The van der Waals surface area contributed by atoms with Gasteiger partial charge in [-0.3, -0.25) is 0 Å². The fraction of sp³-hybridized carbons (Fsp3) is 0.222. The Hall–Kier alpha value is -2.24. The van der Waals surface area contributed by atoms with Crippen LogP contribution in [0.25, 0.3) is 0 Å². The molecule has 0 radical (unpaired) electrons. The van der Waals surface area contributed by atoms with Crippen molar-refractivity contribution in [3.63, 3.8) is 0 Å². The summed E-state index contributed by atoms with van der Waals surface area (Å²) in [6, 6.07) is 16.6. The number of aryl methyl sites for hydroxylation is 1. The molecule has 0 aliphatic heterocycles. The Bertz CT molecular complexity index is 637. The minimum Gasteiger partial charge on any atom is -0.384 e. The Morgan fingerprint density at radius 3 is 2.65 bits per heavy atom. The second-order valence-corrected chi connectivity index (χ2v) is 4.86. The molecule has 0 heterocycles. The lowest BCUT2D eigenvalue weighted by Gasteiger charge is -2.20. The molecule has 0 aliphatic rings. The number of rotatable bonds is 3. The summed E-state index contributed by atoms with van der Waals surface area (Å²) in [5.41, 5.74) is 4.61. The maximum atomic E-state index is 8.74. The molecule has 0 saturated heterocycles. The van der Waals surface area contributed by atoms with E-state index in [1.807, 2.05) is 12.1 Å². The maximum absolute atomic E-state index is 8.74. The molecule has 0 spiro atoms. The first kappa shape index (κ1) is 14.2. The molecular weight excluding hydrogens is 246 g/mol. The van der Waals surface area contributed by atoms with Crippen LogP contribution in [0.15, 0.2) is 48.5 Å². The minimum absolute atomic E-state index is 0.104. The second-order valence-electron chi connectivity index (χ2n) is 4.86. The zero-order valence-corrected chi connectivity index (χ0v) is 11.9. The van der Waals surface area contributed by atoms with E-state index in [2.05, 4.69) is 67.1 Å². The standard InChI is InChI=1S/C18H19NO/c1-15-6-3-10-18(12-15)19(2)14-17-8-4-7-16(13-17)9-5-11-20/h3-4,6-8,10,12-13,20H,11,14H2,1-2H3. The van der Waals surface area contributed by atoms with Crippen molar-refractivity contribution in [1.29, 1.82) is 0 Å². The summed E-state index contributed by atoms with van der Waals surface area (Å²) in [4.78, 5) is 2.21. The third-order valence-electron chi connectivity index (χ3n) is 3.10. The molecule has 0 fully saturated rings. The molecule has 2 heteroatoms. The highest BCUT2D eigenvalue weighted by molar-refractivity contribution is 5.48. The highest BCUT2D eigenvalue weighted by Gasteiger charge is 2.02. The first-order valence-corrected chi connectivity index (χ1v) is 6.65. The second kappa shape index (κ2) is 6.79. The molecule has 1 N–H and O–H groups in total. The van der Waals surface area contributed by atoms with Crippen molar-refractivity contribution in [2.45, 2.75) is 13.5 Å². The molecule has 0 bridgehead atoms. The van der Waals surface area contributed by atoms with Crippen LogP contribution in [0.3, 0.4) is 0 Å². The van der Waals surface area contributed by atoms with E-state index < -0.39 is 0 Å². The van der Waals surface area contributed by atoms with E-state index in [1.165, 1.54) is 16.8 Å². The van der Waals surface area contributed by atoms with Gasteiger partial charge in [-0.2, -0.15) is 0 Å². The van der Waals surface area contributed by atoms with Crippen LogP contribution in [0.5, 0.6) is 0 Å². The van der Waals surface area contributed by atoms with Crippen LogP contribution >= 0.6 is 0 Å². The van der Waals surface area contributed by atoms with Crippen LogP contribution < -0.4 is 4.90 Å². The lowest BCUT2D eigenvalue weighted by Crippen LogP contribution is -2.16. The van der Waals surface area contributed by atoms with Crippen molar-refractivity contribution in [3.8, 4) is 11.8 Å². The van der Waals surface area contributed by atoms with Gasteiger partial charge in [0, 0.05) is 24.8 Å². The van der Waals surface area contributed by atoms with Crippen molar-refractivity contribution in [2.24, 2.45) is 0 Å². The van der Waals surface area contributed by atoms with E-state index in [9.17, 15) is 0 Å². The van der Waals surface area contributed by atoms with E-state index in [0.29, 0.717) is 0 Å². The van der Waals surface area contributed by atoms with Gasteiger partial charge in [-0.05, 0) is 42.3 Å². The van der Waals surface area contributed by atoms with Crippen molar-refractivity contribution in [1.82, 2.24) is 0 Å². The predicted octanol–water partition coefficient (Wildman–Crippen LogP) is 2.98. The van der Waals surface area contributed by atoms with Gasteiger partial charge in [0.15, 0.2) is 0 Å². The molecule has 2 aromatic carbocycles. The van der Waals surface area contributed by atoms with Crippen molar-refractivity contribution < 1.29 is 5.11 Å². The summed E-state index contributed by atoms with van der Waals surface area (Å²) in [5, 5.41) is 8.74. The lowest BCUT2D eigenvalue weighted by atomic mass is 10.1. The molecule has 0 aliphatic carbocycles. The molecule has 0 saturated carbocycles. The SMILES string of the molecule is Cc1cccc(N(C)Cc2cccc(C#CCO)c2)c1. The fourth-order valence-corrected chi connectivity index (χ4v) is 2.12. The van der Waals surface area contributed by atoms with Crippen LogP contribution in [-0.2, 0) is 6.54 Å². The number of nitrogens with zero attached hydrogens (tertiary/aromatic N) is 1. The molecule has 2 aromatic rings. The highest BCUT2D eigenvalue weighted by Crippen LogP contribution is 2.17. The van der Waals surface area contributed by atoms with Gasteiger partial charge < -0.3 is 10.0 Å². The molecule has 0 atom stereocenters. The topological polar surface area (TPSA) is 23.5 Å². The third-order valence-corrected chi connectivity index (χ3v) is 3.10. The van der Waals surface area contributed by atoms with Crippen LogP contribution in [0, 0.1) is 18.8 Å². The van der Waals surface area contributed by atoms with Crippen molar-refractivity contribution in [3.05, 3.63) is 65.2 Å². The van der Waals surface area contributed by atoms with Crippen LogP contribution in [0.1, 0.15) is 16.7 Å². The van der Waals surface area contributed by atoms with E-state index >= 15 is 0 Å². The van der Waals surface area contributed by atoms with Gasteiger partial charge in [0.25, 0.3) is 0 Å². The van der Waals surface area contributed by atoms with Gasteiger partial charge in [0.05, 0.1) is 0 Å². The normalized spacial score (nSPS) is 9.75. The van der Waals surface area contributed by atoms with E-state index in [-0.39, 0.29) is 6.61 Å². The Labute approximate surface area is 120 Å². The van der Waals surface area contributed by atoms with Crippen LogP contribution in [-0.4, -0.2) is 18.8 Å². The summed E-state index contributed by atoms with van der Waals surface area (Å²) in [7, 11) is 2.08. The smallest absolute Gasteiger partial charge is 0.104 e. The molecule has 0 amide bonds. The van der Waals surface area contributed by atoms with Crippen LogP contribution in [0.4, 0.5) is 5.69 Å². The molecule has 102 valence electrons. The monoisotopic (exact) mass is 265 g/mol. The minimum atomic E-state index is -0.104. The average Bonchev–Trinajstić information content (AvgIpc) is 2.45. The number of anilines is 1. The Morgan fingerprint density at radius 1 is 1.10 bits per heavy atom. The number of aliphatic hydroxyl groups excluding tert-OH is 1. The largest absolute Gasteiger partial charge is 0.384 e. The molecule has 0 unspecified atom stereocenters. The molecular formula is C18H19NO.